The molecule has 3 N–H and O–H groups in total. The van der Waals surface area contributed by atoms with Crippen LogP contribution in [0.5, 0.6) is 0 Å². The summed E-state index contributed by atoms with van der Waals surface area (Å²) in [5.41, 5.74) is 0. The van der Waals surface area contributed by atoms with Crippen LogP contribution in [0.1, 0.15) is 6.42 Å². The van der Waals surface area contributed by atoms with Gasteiger partial charge in [0, 0.05) is 18.6 Å². The van der Waals surface area contributed by atoms with Gasteiger partial charge in [0.2, 0.25) is 0 Å². The van der Waals surface area contributed by atoms with Crippen molar-refractivity contribution in [3.63, 3.8) is 0 Å². The van der Waals surface area contributed by atoms with E-state index in [1.165, 1.54) is 12.5 Å². The fraction of sp³-hybridized carbons (Fsp3) is 0.444. The second-order valence-electron chi connectivity index (χ2n) is 3.71. The second kappa shape index (κ2) is 4.36. The third-order valence-corrected chi connectivity index (χ3v) is 3.89. The quantitative estimate of drug-likeness (QED) is 0.628. The molecule has 0 amide bonds. The topological polar surface area (TPSA) is 95.1 Å². The second-order valence-corrected chi connectivity index (χ2v) is 5.39. The zero-order chi connectivity index (χ0) is 11.6. The van der Waals surface area contributed by atoms with Crippen LogP contribution in [0.4, 0.5) is 0 Å². The molecular formula is C9H13N3O3S. The van der Waals surface area contributed by atoms with Crippen molar-refractivity contribution in [3.8, 4) is 0 Å². The van der Waals surface area contributed by atoms with Gasteiger partial charge < -0.3 is 10.1 Å². The first-order valence-electron chi connectivity index (χ1n) is 4.91. The minimum Gasteiger partial charge on any atom is -0.396 e. The van der Waals surface area contributed by atoms with Gasteiger partial charge in [0.1, 0.15) is 0 Å². The van der Waals surface area contributed by atoms with Crippen molar-refractivity contribution < 1.29 is 13.5 Å². The summed E-state index contributed by atoms with van der Waals surface area (Å²) in [4.78, 5) is 6.20. The van der Waals surface area contributed by atoms with E-state index in [1.54, 1.807) is 6.08 Å². The third-order valence-electron chi connectivity index (χ3n) is 2.48. The minimum absolute atomic E-state index is 0.0365. The van der Waals surface area contributed by atoms with Gasteiger partial charge in [-0.3, -0.25) is 0 Å². The molecule has 1 aliphatic carbocycles. The number of imidazole rings is 1. The van der Waals surface area contributed by atoms with Crippen LogP contribution in [0.15, 0.2) is 29.7 Å². The lowest BCUT2D eigenvalue weighted by Gasteiger charge is -2.11. The fourth-order valence-corrected chi connectivity index (χ4v) is 2.76. The maximum Gasteiger partial charge on any atom is 0.258 e. The smallest absolute Gasteiger partial charge is 0.258 e. The summed E-state index contributed by atoms with van der Waals surface area (Å²) in [7, 11) is -3.53. The molecule has 2 atom stereocenters. The number of rotatable bonds is 4. The number of nitrogens with zero attached hydrogens (tertiary/aromatic N) is 1. The van der Waals surface area contributed by atoms with Gasteiger partial charge in [0.25, 0.3) is 10.0 Å². The summed E-state index contributed by atoms with van der Waals surface area (Å²) in [6.45, 7) is 0.0405. The van der Waals surface area contributed by atoms with Gasteiger partial charge in [0.05, 0.1) is 12.5 Å². The average molecular weight is 243 g/mol. The maximum atomic E-state index is 11.8. The Morgan fingerprint density at radius 2 is 2.38 bits per heavy atom. The van der Waals surface area contributed by atoms with Gasteiger partial charge >= 0.3 is 0 Å². The molecule has 0 fully saturated rings. The molecule has 0 aliphatic heterocycles. The summed E-state index contributed by atoms with van der Waals surface area (Å²) in [5, 5.41) is 8.97. The number of H-pyrrole nitrogens is 1. The van der Waals surface area contributed by atoms with Crippen molar-refractivity contribution in [1.29, 1.82) is 0 Å². The third kappa shape index (κ3) is 2.31. The standard InChI is InChI=1S/C9H13N3O3S/c13-5-7-1-2-8(3-7)12-16(14,15)9-4-10-6-11-9/h1-2,4,6-8,12-13H,3,5H2,(H,10,11)/t7-,8+/m0/s1. The fourth-order valence-electron chi connectivity index (χ4n) is 1.65. The van der Waals surface area contributed by atoms with E-state index in [0.29, 0.717) is 6.42 Å². The van der Waals surface area contributed by atoms with Crippen molar-refractivity contribution in [2.45, 2.75) is 17.5 Å². The van der Waals surface area contributed by atoms with Gasteiger partial charge in [-0.05, 0) is 6.42 Å². The van der Waals surface area contributed by atoms with E-state index in [2.05, 4.69) is 14.7 Å². The van der Waals surface area contributed by atoms with Gasteiger partial charge in [0.15, 0.2) is 5.03 Å². The van der Waals surface area contributed by atoms with E-state index < -0.39 is 10.0 Å². The number of nitrogens with one attached hydrogen (secondary N) is 2. The molecular weight excluding hydrogens is 230 g/mol. The zero-order valence-electron chi connectivity index (χ0n) is 8.50. The van der Waals surface area contributed by atoms with Gasteiger partial charge in [-0.25, -0.2) is 18.1 Å². The summed E-state index contributed by atoms with van der Waals surface area (Å²) in [5.74, 6) is 0.0365. The molecule has 16 heavy (non-hydrogen) atoms. The number of aromatic amines is 1. The largest absolute Gasteiger partial charge is 0.396 e. The molecule has 0 unspecified atom stereocenters. The molecule has 2 rings (SSSR count). The van der Waals surface area contributed by atoms with E-state index in [4.69, 9.17) is 5.11 Å². The molecule has 0 spiro atoms. The highest BCUT2D eigenvalue weighted by atomic mass is 32.2. The highest BCUT2D eigenvalue weighted by molar-refractivity contribution is 7.89. The Morgan fingerprint density at radius 3 is 2.94 bits per heavy atom. The van der Waals surface area contributed by atoms with Crippen LogP contribution in [0.2, 0.25) is 0 Å². The van der Waals surface area contributed by atoms with E-state index >= 15 is 0 Å². The van der Waals surface area contributed by atoms with Crippen LogP contribution in [-0.4, -0.2) is 36.1 Å². The van der Waals surface area contributed by atoms with Crippen LogP contribution in [0.25, 0.3) is 0 Å². The Hall–Kier alpha value is -1.18. The molecule has 6 nitrogen and oxygen atoms in total. The van der Waals surface area contributed by atoms with Crippen LogP contribution in [0, 0.1) is 5.92 Å². The highest BCUT2D eigenvalue weighted by Crippen LogP contribution is 2.18. The summed E-state index contributed by atoms with van der Waals surface area (Å²) >= 11 is 0. The van der Waals surface area contributed by atoms with Crippen LogP contribution in [0.3, 0.4) is 0 Å². The van der Waals surface area contributed by atoms with E-state index in [0.717, 1.165) is 0 Å². The first kappa shape index (κ1) is 11.3. The number of hydrogen-bond donors (Lipinski definition) is 3. The molecule has 0 bridgehead atoms. The Morgan fingerprint density at radius 1 is 1.56 bits per heavy atom. The molecule has 0 radical (unpaired) electrons. The van der Waals surface area contributed by atoms with Crippen molar-refractivity contribution in [1.82, 2.24) is 14.7 Å². The Kier molecular flexibility index (Phi) is 3.08. The molecule has 1 aliphatic rings. The lowest BCUT2D eigenvalue weighted by molar-refractivity contribution is 0.248. The van der Waals surface area contributed by atoms with Crippen molar-refractivity contribution in [2.24, 2.45) is 5.92 Å². The number of sulfonamides is 1. The summed E-state index contributed by atoms with van der Waals surface area (Å²) in [6, 6.07) is -0.259. The number of aliphatic hydroxyl groups excluding tert-OH is 1. The number of aromatic nitrogens is 2. The maximum absolute atomic E-state index is 11.8. The van der Waals surface area contributed by atoms with Gasteiger partial charge in [-0.1, -0.05) is 12.2 Å². The van der Waals surface area contributed by atoms with E-state index in [-0.39, 0.29) is 23.6 Å². The normalized spacial score (nSPS) is 25.1. The summed E-state index contributed by atoms with van der Waals surface area (Å²) in [6.07, 6.45) is 6.74. The molecule has 88 valence electrons. The molecule has 0 saturated carbocycles. The number of hydrogen-bond acceptors (Lipinski definition) is 4. The molecule has 1 aromatic rings. The predicted octanol–water partition coefficient (Wildman–Crippen LogP) is -0.375. The lowest BCUT2D eigenvalue weighted by Crippen LogP contribution is -2.33. The number of aliphatic hydroxyl groups is 1. The van der Waals surface area contributed by atoms with Crippen LogP contribution >= 0.6 is 0 Å². The zero-order valence-corrected chi connectivity index (χ0v) is 9.31. The first-order chi connectivity index (χ1) is 7.62. The molecule has 0 aromatic carbocycles. The van der Waals surface area contributed by atoms with E-state index in [1.807, 2.05) is 6.08 Å². The molecule has 0 saturated heterocycles. The molecule has 1 heterocycles. The monoisotopic (exact) mass is 243 g/mol. The van der Waals surface area contributed by atoms with Crippen LogP contribution in [-0.2, 0) is 10.0 Å². The van der Waals surface area contributed by atoms with Gasteiger partial charge in [-0.2, -0.15) is 0 Å². The van der Waals surface area contributed by atoms with Crippen molar-refractivity contribution in [2.75, 3.05) is 6.61 Å². The lowest BCUT2D eigenvalue weighted by atomic mass is 10.1. The molecule has 1 aromatic heterocycles. The Balaban J connectivity index is 2.04. The molecule has 7 heteroatoms. The van der Waals surface area contributed by atoms with Gasteiger partial charge in [-0.15, -0.1) is 0 Å². The Labute approximate surface area is 93.5 Å². The van der Waals surface area contributed by atoms with Crippen molar-refractivity contribution >= 4 is 10.0 Å². The van der Waals surface area contributed by atoms with Crippen LogP contribution < -0.4 is 4.72 Å². The Bertz CT molecular complexity index is 466. The summed E-state index contributed by atoms with van der Waals surface area (Å²) < 4.78 is 26.1. The minimum atomic E-state index is -3.53. The predicted molar refractivity (Wildman–Crippen MR) is 57.0 cm³/mol. The highest BCUT2D eigenvalue weighted by Gasteiger charge is 2.24. The van der Waals surface area contributed by atoms with Crippen molar-refractivity contribution in [3.05, 3.63) is 24.7 Å². The van der Waals surface area contributed by atoms with E-state index in [9.17, 15) is 8.42 Å². The average Bonchev–Trinajstić information content (AvgIpc) is 2.86. The SMILES string of the molecule is O=S(=O)(N[C@@H]1C=C[C@H](CO)C1)c1cnc[nH]1. The first-order valence-corrected chi connectivity index (χ1v) is 6.40.